The van der Waals surface area contributed by atoms with Crippen molar-refractivity contribution in [2.75, 3.05) is 6.79 Å². The van der Waals surface area contributed by atoms with Crippen LogP contribution in [0.5, 0.6) is 17.2 Å². The van der Waals surface area contributed by atoms with E-state index in [-0.39, 0.29) is 18.6 Å². The third-order valence-electron chi connectivity index (χ3n) is 3.19. The summed E-state index contributed by atoms with van der Waals surface area (Å²) in [5.74, 6) is 1.47. The minimum absolute atomic E-state index is 0.164. The highest BCUT2D eigenvalue weighted by Gasteiger charge is 2.17. The average molecular weight is 312 g/mol. The first-order chi connectivity index (χ1) is 9.63. The van der Waals surface area contributed by atoms with Crippen LogP contribution in [0, 0.1) is 0 Å². The zero-order valence-corrected chi connectivity index (χ0v) is 12.4. The minimum Gasteiger partial charge on any atom is -0.507 e. The summed E-state index contributed by atoms with van der Waals surface area (Å²) in [4.78, 5) is 1.16. The molecule has 0 saturated heterocycles. The highest BCUT2D eigenvalue weighted by Crippen LogP contribution is 2.37. The molecule has 1 unspecified atom stereocenters. The van der Waals surface area contributed by atoms with Crippen LogP contribution in [0.4, 0.5) is 0 Å². The fraction of sp³-hybridized carbons (Fsp3) is 0.286. The third-order valence-corrected chi connectivity index (χ3v) is 4.61. The molecular formula is C14H14ClNO3S. The van der Waals surface area contributed by atoms with Crippen molar-refractivity contribution in [1.29, 1.82) is 0 Å². The van der Waals surface area contributed by atoms with E-state index >= 15 is 0 Å². The summed E-state index contributed by atoms with van der Waals surface area (Å²) in [5.41, 5.74) is 0.781. The Balaban J connectivity index is 1.69. The number of phenols is 1. The maximum atomic E-state index is 9.97. The van der Waals surface area contributed by atoms with Gasteiger partial charge >= 0.3 is 0 Å². The van der Waals surface area contributed by atoms with E-state index in [4.69, 9.17) is 21.1 Å². The summed E-state index contributed by atoms with van der Waals surface area (Å²) in [6, 6.07) is 7.45. The summed E-state index contributed by atoms with van der Waals surface area (Å²) >= 11 is 7.48. The number of ether oxygens (including phenoxy) is 2. The molecular weight excluding hydrogens is 298 g/mol. The molecule has 1 atom stereocenters. The molecule has 0 fully saturated rings. The third kappa shape index (κ3) is 2.70. The highest BCUT2D eigenvalue weighted by atomic mass is 35.5. The van der Waals surface area contributed by atoms with Crippen LogP contribution in [-0.2, 0) is 6.54 Å². The number of nitrogens with one attached hydrogen (secondary N) is 1. The number of hydrogen-bond acceptors (Lipinski definition) is 5. The van der Waals surface area contributed by atoms with Gasteiger partial charge < -0.3 is 19.9 Å². The van der Waals surface area contributed by atoms with E-state index in [1.807, 2.05) is 12.1 Å². The molecule has 1 aliphatic heterocycles. The molecule has 1 aliphatic rings. The first-order valence-electron chi connectivity index (χ1n) is 6.23. The van der Waals surface area contributed by atoms with Gasteiger partial charge in [0.2, 0.25) is 6.79 Å². The maximum Gasteiger partial charge on any atom is 0.231 e. The van der Waals surface area contributed by atoms with Crippen molar-refractivity contribution in [2.45, 2.75) is 19.5 Å². The van der Waals surface area contributed by atoms with Crippen molar-refractivity contribution >= 4 is 22.9 Å². The summed E-state index contributed by atoms with van der Waals surface area (Å²) in [7, 11) is 0. The molecule has 106 valence electrons. The Morgan fingerprint density at radius 1 is 1.35 bits per heavy atom. The molecule has 2 aromatic rings. The zero-order valence-electron chi connectivity index (χ0n) is 10.9. The van der Waals surface area contributed by atoms with E-state index in [0.717, 1.165) is 14.8 Å². The lowest BCUT2D eigenvalue weighted by Crippen LogP contribution is -2.17. The Morgan fingerprint density at radius 2 is 2.10 bits per heavy atom. The van der Waals surface area contributed by atoms with Crippen LogP contribution in [-0.4, -0.2) is 11.9 Å². The van der Waals surface area contributed by atoms with Crippen LogP contribution >= 0.6 is 22.9 Å². The first-order valence-corrected chi connectivity index (χ1v) is 7.43. The van der Waals surface area contributed by atoms with Crippen LogP contribution in [0.25, 0.3) is 0 Å². The number of thiophene rings is 1. The molecule has 0 radical (unpaired) electrons. The standard InChI is InChI=1S/C14H14ClNO3S/c1-8(13-2-3-14(15)20-13)16-6-9-4-11-12(5-10(9)17)19-7-18-11/h2-5,8,16-17H,6-7H2,1H3. The van der Waals surface area contributed by atoms with Gasteiger partial charge in [-0.1, -0.05) is 11.6 Å². The molecule has 2 N–H and O–H groups in total. The molecule has 1 aromatic heterocycles. The smallest absolute Gasteiger partial charge is 0.231 e. The molecule has 0 bridgehead atoms. The molecule has 0 saturated carbocycles. The Bertz CT molecular complexity index is 629. The normalized spacial score (nSPS) is 14.5. The van der Waals surface area contributed by atoms with Gasteiger partial charge in [-0.2, -0.15) is 0 Å². The van der Waals surface area contributed by atoms with Crippen molar-refractivity contribution < 1.29 is 14.6 Å². The van der Waals surface area contributed by atoms with Crippen LogP contribution in [0.15, 0.2) is 24.3 Å². The number of phenolic OH excluding ortho intramolecular Hbond substituents is 1. The van der Waals surface area contributed by atoms with Gasteiger partial charge in [0, 0.05) is 29.1 Å². The second-order valence-electron chi connectivity index (χ2n) is 4.58. The number of hydrogen-bond donors (Lipinski definition) is 2. The second kappa shape index (κ2) is 5.52. The van der Waals surface area contributed by atoms with E-state index in [0.29, 0.717) is 18.0 Å². The van der Waals surface area contributed by atoms with Gasteiger partial charge in [0.15, 0.2) is 11.5 Å². The largest absolute Gasteiger partial charge is 0.507 e. The molecule has 3 rings (SSSR count). The fourth-order valence-electron chi connectivity index (χ4n) is 2.04. The lowest BCUT2D eigenvalue weighted by atomic mass is 10.1. The van der Waals surface area contributed by atoms with Crippen LogP contribution < -0.4 is 14.8 Å². The Labute approximate surface area is 125 Å². The molecule has 0 aliphatic carbocycles. The molecule has 0 amide bonds. The SMILES string of the molecule is CC(NCc1cc2c(cc1O)OCO2)c1ccc(Cl)s1. The van der Waals surface area contributed by atoms with Crippen molar-refractivity contribution in [3.63, 3.8) is 0 Å². The Morgan fingerprint density at radius 3 is 2.80 bits per heavy atom. The fourth-order valence-corrected chi connectivity index (χ4v) is 3.13. The molecule has 0 spiro atoms. The van der Waals surface area contributed by atoms with Gasteiger partial charge in [0.25, 0.3) is 0 Å². The molecule has 4 nitrogen and oxygen atoms in total. The van der Waals surface area contributed by atoms with Crippen molar-refractivity contribution in [1.82, 2.24) is 5.32 Å². The predicted octanol–water partition coefficient (Wildman–Crippen LogP) is 3.69. The Hall–Kier alpha value is -1.43. The average Bonchev–Trinajstić information content (AvgIpc) is 3.04. The first kappa shape index (κ1) is 13.5. The van der Waals surface area contributed by atoms with E-state index in [1.54, 1.807) is 23.5 Å². The van der Waals surface area contributed by atoms with Gasteiger partial charge in [-0.3, -0.25) is 0 Å². The van der Waals surface area contributed by atoms with Gasteiger partial charge in [0.05, 0.1) is 4.34 Å². The monoisotopic (exact) mass is 311 g/mol. The number of rotatable bonds is 4. The summed E-state index contributed by atoms with van der Waals surface area (Å²) in [6.45, 7) is 2.81. The molecule has 1 aromatic carbocycles. The van der Waals surface area contributed by atoms with E-state index in [9.17, 15) is 5.11 Å². The molecule has 6 heteroatoms. The summed E-state index contributed by atoms with van der Waals surface area (Å²) in [5, 5.41) is 13.3. The Kier molecular flexibility index (Phi) is 3.74. The van der Waals surface area contributed by atoms with Crippen LogP contribution in [0.1, 0.15) is 23.4 Å². The number of benzene rings is 1. The number of aromatic hydroxyl groups is 1. The topological polar surface area (TPSA) is 50.7 Å². The van der Waals surface area contributed by atoms with Gasteiger partial charge in [-0.15, -0.1) is 11.3 Å². The van der Waals surface area contributed by atoms with E-state index in [2.05, 4.69) is 12.2 Å². The quantitative estimate of drug-likeness (QED) is 0.904. The van der Waals surface area contributed by atoms with Crippen LogP contribution in [0.3, 0.4) is 0 Å². The minimum atomic E-state index is 0.164. The predicted molar refractivity (Wildman–Crippen MR) is 78.8 cm³/mol. The van der Waals surface area contributed by atoms with E-state index < -0.39 is 0 Å². The maximum absolute atomic E-state index is 9.97. The summed E-state index contributed by atoms with van der Waals surface area (Å²) < 4.78 is 11.3. The number of halogens is 1. The van der Waals surface area contributed by atoms with E-state index in [1.165, 1.54) is 0 Å². The van der Waals surface area contributed by atoms with Crippen LogP contribution in [0.2, 0.25) is 4.34 Å². The zero-order chi connectivity index (χ0) is 14.1. The molecule has 20 heavy (non-hydrogen) atoms. The van der Waals surface area contributed by atoms with Crippen molar-refractivity contribution in [2.24, 2.45) is 0 Å². The molecule has 2 heterocycles. The second-order valence-corrected chi connectivity index (χ2v) is 6.33. The van der Waals surface area contributed by atoms with Gasteiger partial charge in [-0.05, 0) is 25.1 Å². The number of fused-ring (bicyclic) bond motifs is 1. The van der Waals surface area contributed by atoms with Crippen molar-refractivity contribution in [3.05, 3.63) is 39.0 Å². The van der Waals surface area contributed by atoms with Gasteiger partial charge in [-0.25, -0.2) is 0 Å². The lowest BCUT2D eigenvalue weighted by Gasteiger charge is -2.13. The lowest BCUT2D eigenvalue weighted by molar-refractivity contribution is 0.174. The highest BCUT2D eigenvalue weighted by molar-refractivity contribution is 7.16. The van der Waals surface area contributed by atoms with Gasteiger partial charge in [0.1, 0.15) is 5.75 Å². The van der Waals surface area contributed by atoms with Crippen molar-refractivity contribution in [3.8, 4) is 17.2 Å². The summed E-state index contributed by atoms with van der Waals surface area (Å²) in [6.07, 6.45) is 0.